The maximum Gasteiger partial charge on any atom is 0.317 e. The van der Waals surface area contributed by atoms with E-state index in [1.807, 2.05) is 29.2 Å². The van der Waals surface area contributed by atoms with E-state index < -0.39 is 0 Å². The lowest BCUT2D eigenvalue weighted by atomic mass is 9.74. The van der Waals surface area contributed by atoms with E-state index in [0.717, 1.165) is 48.3 Å². The highest BCUT2D eigenvalue weighted by atomic mass is 19.1. The second-order valence-electron chi connectivity index (χ2n) is 8.53. The third-order valence-electron chi connectivity index (χ3n) is 6.76. The Bertz CT molecular complexity index is 960. The largest absolute Gasteiger partial charge is 0.454 e. The minimum absolute atomic E-state index is 0.00862. The molecule has 0 spiro atoms. The van der Waals surface area contributed by atoms with Crippen LogP contribution in [0.25, 0.3) is 0 Å². The van der Waals surface area contributed by atoms with E-state index in [0.29, 0.717) is 26.3 Å². The van der Waals surface area contributed by atoms with E-state index in [1.165, 1.54) is 6.07 Å². The number of nitrogens with zero attached hydrogens (tertiary/aromatic N) is 1. The molecule has 7 heteroatoms. The number of carbonyl (C=O) groups excluding carboxylic acids is 1. The van der Waals surface area contributed by atoms with Gasteiger partial charge in [0.1, 0.15) is 5.82 Å². The summed E-state index contributed by atoms with van der Waals surface area (Å²) in [5, 5.41) is 3.16. The van der Waals surface area contributed by atoms with Crippen LogP contribution in [0.4, 0.5) is 9.18 Å². The Balaban J connectivity index is 1.31. The van der Waals surface area contributed by atoms with Gasteiger partial charge in [-0.15, -0.1) is 0 Å². The SMILES string of the molecule is O=C(NCC1(c2cccc(F)c2)CCOCC1)N1CCCC1c1ccc2c(c1)OCO2. The van der Waals surface area contributed by atoms with E-state index in [1.54, 1.807) is 12.1 Å². The number of hydrogen-bond acceptors (Lipinski definition) is 4. The van der Waals surface area contributed by atoms with Crippen molar-refractivity contribution in [3.05, 3.63) is 59.4 Å². The highest BCUT2D eigenvalue weighted by molar-refractivity contribution is 5.75. The maximum absolute atomic E-state index is 13.9. The molecule has 2 amide bonds. The minimum Gasteiger partial charge on any atom is -0.454 e. The standard InChI is InChI=1S/C24H27FN2O4/c25-19-4-1-3-18(14-19)24(8-11-29-12-9-24)15-26-23(28)27-10-2-5-20(27)17-6-7-21-22(13-17)31-16-30-21/h1,3-4,6-7,13-14,20H,2,5,8-12,15-16H2,(H,26,28). The maximum atomic E-state index is 13.9. The monoisotopic (exact) mass is 426 g/mol. The Morgan fingerprint density at radius 3 is 2.81 bits per heavy atom. The zero-order valence-corrected chi connectivity index (χ0v) is 17.4. The van der Waals surface area contributed by atoms with Crippen LogP contribution in [0.2, 0.25) is 0 Å². The van der Waals surface area contributed by atoms with Gasteiger partial charge >= 0.3 is 6.03 Å². The number of hydrogen-bond donors (Lipinski definition) is 1. The summed E-state index contributed by atoms with van der Waals surface area (Å²) in [6.45, 7) is 2.62. The third-order valence-corrected chi connectivity index (χ3v) is 6.76. The molecular weight excluding hydrogens is 399 g/mol. The van der Waals surface area contributed by atoms with E-state index >= 15 is 0 Å². The van der Waals surface area contributed by atoms with Crippen LogP contribution < -0.4 is 14.8 Å². The minimum atomic E-state index is -0.315. The summed E-state index contributed by atoms with van der Waals surface area (Å²) < 4.78 is 30.4. The molecule has 2 aromatic rings. The lowest BCUT2D eigenvalue weighted by Gasteiger charge is -2.38. The van der Waals surface area contributed by atoms with Crippen molar-refractivity contribution in [2.24, 2.45) is 0 Å². The Hall–Kier alpha value is -2.80. The van der Waals surface area contributed by atoms with Crippen LogP contribution in [0.1, 0.15) is 42.9 Å². The number of rotatable bonds is 4. The van der Waals surface area contributed by atoms with E-state index in [4.69, 9.17) is 14.2 Å². The van der Waals surface area contributed by atoms with Gasteiger partial charge in [-0.1, -0.05) is 18.2 Å². The summed E-state index contributed by atoms with van der Waals surface area (Å²) >= 11 is 0. The molecule has 3 aliphatic heterocycles. The number of urea groups is 1. The fourth-order valence-corrected chi connectivity index (χ4v) is 4.97. The fourth-order valence-electron chi connectivity index (χ4n) is 4.97. The molecule has 164 valence electrons. The van der Waals surface area contributed by atoms with Crippen molar-refractivity contribution in [2.75, 3.05) is 33.1 Å². The van der Waals surface area contributed by atoms with Crippen LogP contribution in [-0.2, 0) is 10.2 Å². The van der Waals surface area contributed by atoms with Gasteiger partial charge in [-0.3, -0.25) is 0 Å². The lowest BCUT2D eigenvalue weighted by molar-refractivity contribution is 0.0499. The number of carbonyl (C=O) groups is 1. The molecule has 1 N–H and O–H groups in total. The van der Waals surface area contributed by atoms with Gasteiger partial charge in [0.25, 0.3) is 0 Å². The molecule has 0 bridgehead atoms. The predicted molar refractivity (Wildman–Crippen MR) is 113 cm³/mol. The van der Waals surface area contributed by atoms with Crippen LogP contribution in [0.15, 0.2) is 42.5 Å². The molecule has 6 nitrogen and oxygen atoms in total. The quantitative estimate of drug-likeness (QED) is 0.798. The van der Waals surface area contributed by atoms with Gasteiger partial charge in [0.15, 0.2) is 11.5 Å². The first kappa shape index (κ1) is 20.1. The number of amides is 2. The summed E-state index contributed by atoms with van der Waals surface area (Å²) in [7, 11) is 0. The molecule has 1 unspecified atom stereocenters. The van der Waals surface area contributed by atoms with Crippen molar-refractivity contribution in [1.29, 1.82) is 0 Å². The average Bonchev–Trinajstić information content (AvgIpc) is 3.47. The Morgan fingerprint density at radius 2 is 1.97 bits per heavy atom. The van der Waals surface area contributed by atoms with Crippen molar-refractivity contribution < 1.29 is 23.4 Å². The topological polar surface area (TPSA) is 60.0 Å². The molecule has 0 radical (unpaired) electrons. The Labute approximate surface area is 181 Å². The summed E-state index contributed by atoms with van der Waals surface area (Å²) in [6, 6.07) is 12.6. The number of benzene rings is 2. The lowest BCUT2D eigenvalue weighted by Crippen LogP contribution is -2.48. The Morgan fingerprint density at radius 1 is 1.13 bits per heavy atom. The van der Waals surface area contributed by atoms with Crippen LogP contribution in [0.5, 0.6) is 11.5 Å². The second-order valence-corrected chi connectivity index (χ2v) is 8.53. The second kappa shape index (κ2) is 8.38. The van der Waals surface area contributed by atoms with E-state index in [-0.39, 0.29) is 30.1 Å². The number of likely N-dealkylation sites (tertiary alicyclic amines) is 1. The van der Waals surface area contributed by atoms with E-state index in [9.17, 15) is 9.18 Å². The molecule has 0 aliphatic carbocycles. The van der Waals surface area contributed by atoms with Crippen molar-refractivity contribution in [3.63, 3.8) is 0 Å². The van der Waals surface area contributed by atoms with Crippen molar-refractivity contribution >= 4 is 6.03 Å². The molecule has 2 aromatic carbocycles. The summed E-state index contributed by atoms with van der Waals surface area (Å²) in [5.41, 5.74) is 1.66. The first-order valence-electron chi connectivity index (χ1n) is 10.9. The van der Waals surface area contributed by atoms with Crippen LogP contribution >= 0.6 is 0 Å². The molecule has 0 saturated carbocycles. The molecule has 2 fully saturated rings. The molecule has 5 rings (SSSR count). The van der Waals surface area contributed by atoms with Gasteiger partial charge < -0.3 is 24.4 Å². The van der Waals surface area contributed by atoms with Gasteiger partial charge in [-0.05, 0) is 61.1 Å². The van der Waals surface area contributed by atoms with Crippen LogP contribution in [0, 0.1) is 5.82 Å². The van der Waals surface area contributed by atoms with Crippen LogP contribution in [-0.4, -0.2) is 44.0 Å². The molecular formula is C24H27FN2O4. The number of nitrogens with one attached hydrogen (secondary N) is 1. The average molecular weight is 426 g/mol. The summed E-state index contributed by atoms with van der Waals surface area (Å²) in [6.07, 6.45) is 3.37. The molecule has 3 heterocycles. The first-order valence-corrected chi connectivity index (χ1v) is 10.9. The van der Waals surface area contributed by atoms with Gasteiger partial charge in [0.2, 0.25) is 6.79 Å². The molecule has 1 atom stereocenters. The van der Waals surface area contributed by atoms with E-state index in [2.05, 4.69) is 5.32 Å². The number of fused-ring (bicyclic) bond motifs is 1. The zero-order valence-electron chi connectivity index (χ0n) is 17.4. The molecule has 31 heavy (non-hydrogen) atoms. The van der Waals surface area contributed by atoms with Crippen LogP contribution in [0.3, 0.4) is 0 Å². The fraction of sp³-hybridized carbons (Fsp3) is 0.458. The van der Waals surface area contributed by atoms with Crippen molar-refractivity contribution in [1.82, 2.24) is 10.2 Å². The van der Waals surface area contributed by atoms with Gasteiger partial charge in [0, 0.05) is 31.7 Å². The molecule has 0 aromatic heterocycles. The first-order chi connectivity index (χ1) is 15.1. The molecule has 2 saturated heterocycles. The third kappa shape index (κ3) is 3.94. The normalized spacial score (nSPS) is 21.8. The zero-order chi connectivity index (χ0) is 21.3. The smallest absolute Gasteiger partial charge is 0.317 e. The summed E-state index contributed by atoms with van der Waals surface area (Å²) in [4.78, 5) is 15.1. The van der Waals surface area contributed by atoms with Crippen molar-refractivity contribution in [3.8, 4) is 11.5 Å². The predicted octanol–water partition coefficient (Wildman–Crippen LogP) is 4.15. The highest BCUT2D eigenvalue weighted by Gasteiger charge is 2.37. The van der Waals surface area contributed by atoms with Gasteiger partial charge in [-0.25, -0.2) is 9.18 Å². The number of halogens is 1. The van der Waals surface area contributed by atoms with Gasteiger partial charge in [-0.2, -0.15) is 0 Å². The Kier molecular flexibility index (Phi) is 5.44. The number of ether oxygens (including phenoxy) is 3. The summed E-state index contributed by atoms with van der Waals surface area (Å²) in [5.74, 6) is 1.23. The highest BCUT2D eigenvalue weighted by Crippen LogP contribution is 2.39. The molecule has 3 aliphatic rings. The van der Waals surface area contributed by atoms with Gasteiger partial charge in [0.05, 0.1) is 6.04 Å². The van der Waals surface area contributed by atoms with Crippen molar-refractivity contribution in [2.45, 2.75) is 37.1 Å².